The number of fused-ring (bicyclic) bond motifs is 2. The molecule has 4 aromatic rings. The number of anilines is 2. The highest BCUT2D eigenvalue weighted by Gasteiger charge is 2.26. The van der Waals surface area contributed by atoms with E-state index in [1.807, 2.05) is 36.4 Å². The Morgan fingerprint density at radius 3 is 2.56 bits per heavy atom. The first-order valence-corrected chi connectivity index (χ1v) is 10.3. The molecule has 0 saturated carbocycles. The van der Waals surface area contributed by atoms with Gasteiger partial charge in [0.15, 0.2) is 5.69 Å². The van der Waals surface area contributed by atoms with Gasteiger partial charge >= 0.3 is 6.03 Å². The number of carbonyl (C=O) groups excluding carboxylic acids is 2. The minimum absolute atomic E-state index is 0.109. The van der Waals surface area contributed by atoms with Crippen molar-refractivity contribution >= 4 is 34.2 Å². The lowest BCUT2D eigenvalue weighted by Crippen LogP contribution is -2.36. The zero-order valence-electron chi connectivity index (χ0n) is 17.1. The first-order valence-electron chi connectivity index (χ1n) is 10.3. The van der Waals surface area contributed by atoms with E-state index in [1.54, 1.807) is 23.1 Å². The molecule has 160 valence electrons. The van der Waals surface area contributed by atoms with E-state index < -0.39 is 11.8 Å². The second-order valence-corrected chi connectivity index (χ2v) is 7.60. The largest absolute Gasteiger partial charge is 0.333 e. The van der Waals surface area contributed by atoms with E-state index >= 15 is 0 Å². The van der Waals surface area contributed by atoms with Crippen molar-refractivity contribution in [2.75, 3.05) is 17.2 Å². The quantitative estimate of drug-likeness (QED) is 0.446. The van der Waals surface area contributed by atoms with Crippen LogP contribution < -0.4 is 10.6 Å². The second-order valence-electron chi connectivity index (χ2n) is 7.60. The monoisotopic (exact) mass is 429 g/mol. The van der Waals surface area contributed by atoms with Gasteiger partial charge in [-0.15, -0.1) is 0 Å². The Hall–Kier alpha value is -4.20. The summed E-state index contributed by atoms with van der Waals surface area (Å²) in [5.74, 6) is -0.637. The van der Waals surface area contributed by atoms with E-state index in [9.17, 15) is 14.0 Å². The Kier molecular flexibility index (Phi) is 5.03. The van der Waals surface area contributed by atoms with Crippen molar-refractivity contribution in [1.82, 2.24) is 15.1 Å². The number of rotatable bonds is 3. The molecule has 1 aromatic heterocycles. The standard InChI is InChI=1S/C24H20FN5O2/c25-18-8-2-4-10-21(18)27-24(32)26-19-11-5-6-15-14-30(13-12-16(15)19)23(31)22-17-7-1-3-9-20(17)28-29-22/h1-11H,12-14H2,(H,28,29)(H2,26,27,32). The maximum Gasteiger partial charge on any atom is 0.323 e. The molecule has 0 radical (unpaired) electrons. The number of benzene rings is 3. The second kappa shape index (κ2) is 8.14. The van der Waals surface area contributed by atoms with Crippen molar-refractivity contribution in [2.45, 2.75) is 13.0 Å². The highest BCUT2D eigenvalue weighted by Crippen LogP contribution is 2.28. The predicted molar refractivity (Wildman–Crippen MR) is 120 cm³/mol. The Labute approximate surface area is 183 Å². The molecule has 32 heavy (non-hydrogen) atoms. The Bertz CT molecular complexity index is 1330. The number of nitrogens with one attached hydrogen (secondary N) is 3. The first kappa shape index (κ1) is 19.7. The van der Waals surface area contributed by atoms with Gasteiger partial charge in [-0.05, 0) is 41.8 Å². The van der Waals surface area contributed by atoms with Gasteiger partial charge in [0.2, 0.25) is 0 Å². The number of aromatic nitrogens is 2. The van der Waals surface area contributed by atoms with Crippen molar-refractivity contribution in [3.8, 4) is 0 Å². The predicted octanol–water partition coefficient (Wildman–Crippen LogP) is 4.54. The van der Waals surface area contributed by atoms with Gasteiger partial charge in [0.1, 0.15) is 5.82 Å². The van der Waals surface area contributed by atoms with Crippen LogP contribution in [0.25, 0.3) is 10.9 Å². The van der Waals surface area contributed by atoms with E-state index in [-0.39, 0.29) is 11.6 Å². The molecule has 0 unspecified atom stereocenters. The molecule has 0 saturated heterocycles. The van der Waals surface area contributed by atoms with E-state index in [0.29, 0.717) is 30.9 Å². The van der Waals surface area contributed by atoms with Gasteiger partial charge in [-0.25, -0.2) is 9.18 Å². The van der Waals surface area contributed by atoms with Crippen LogP contribution in [0.1, 0.15) is 21.6 Å². The summed E-state index contributed by atoms with van der Waals surface area (Å²) < 4.78 is 13.8. The van der Waals surface area contributed by atoms with Gasteiger partial charge in [0.25, 0.3) is 5.91 Å². The summed E-state index contributed by atoms with van der Waals surface area (Å²) in [6.07, 6.45) is 0.583. The van der Waals surface area contributed by atoms with Crippen LogP contribution >= 0.6 is 0 Å². The highest BCUT2D eigenvalue weighted by molar-refractivity contribution is 6.05. The number of carbonyl (C=O) groups is 2. The fraction of sp³-hybridized carbons (Fsp3) is 0.125. The van der Waals surface area contributed by atoms with Crippen molar-refractivity contribution in [3.05, 3.63) is 89.4 Å². The van der Waals surface area contributed by atoms with Crippen molar-refractivity contribution in [1.29, 1.82) is 0 Å². The molecule has 1 aliphatic rings. The lowest BCUT2D eigenvalue weighted by Gasteiger charge is -2.29. The molecule has 0 fully saturated rings. The number of para-hydroxylation sites is 2. The maximum atomic E-state index is 13.8. The van der Waals surface area contributed by atoms with Crippen molar-refractivity contribution in [3.63, 3.8) is 0 Å². The van der Waals surface area contributed by atoms with Crippen LogP contribution in [0.2, 0.25) is 0 Å². The van der Waals surface area contributed by atoms with Gasteiger partial charge in [-0.3, -0.25) is 9.89 Å². The van der Waals surface area contributed by atoms with E-state index in [1.165, 1.54) is 12.1 Å². The molecule has 0 bridgehead atoms. The Morgan fingerprint density at radius 1 is 0.938 bits per heavy atom. The number of urea groups is 1. The van der Waals surface area contributed by atoms with Crippen LogP contribution in [-0.2, 0) is 13.0 Å². The average Bonchev–Trinajstić information content (AvgIpc) is 3.24. The third kappa shape index (κ3) is 3.66. The van der Waals surface area contributed by atoms with Crippen molar-refractivity contribution < 1.29 is 14.0 Å². The molecule has 7 nitrogen and oxygen atoms in total. The summed E-state index contributed by atoms with van der Waals surface area (Å²) in [6.45, 7) is 0.917. The number of halogens is 1. The smallest absolute Gasteiger partial charge is 0.323 e. The molecule has 0 spiro atoms. The molecule has 1 aliphatic heterocycles. The molecule has 2 heterocycles. The van der Waals surface area contributed by atoms with Crippen LogP contribution in [-0.4, -0.2) is 33.6 Å². The highest BCUT2D eigenvalue weighted by atomic mass is 19.1. The summed E-state index contributed by atoms with van der Waals surface area (Å²) in [6, 6.07) is 18.6. The molecular formula is C24H20FN5O2. The maximum absolute atomic E-state index is 13.8. The fourth-order valence-corrected chi connectivity index (χ4v) is 4.01. The topological polar surface area (TPSA) is 90.1 Å². The van der Waals surface area contributed by atoms with Crippen LogP contribution in [0.3, 0.4) is 0 Å². The van der Waals surface area contributed by atoms with E-state index in [4.69, 9.17) is 0 Å². The fourth-order valence-electron chi connectivity index (χ4n) is 4.01. The molecule has 0 atom stereocenters. The number of nitrogens with zero attached hydrogens (tertiary/aromatic N) is 2. The van der Waals surface area contributed by atoms with Crippen LogP contribution in [0.5, 0.6) is 0 Å². The van der Waals surface area contributed by atoms with Gasteiger partial charge in [0.05, 0.1) is 11.2 Å². The SMILES string of the molecule is O=C(Nc1ccccc1F)Nc1cccc2c1CCN(C(=O)c1n[nH]c3ccccc13)C2. The van der Waals surface area contributed by atoms with Gasteiger partial charge < -0.3 is 15.5 Å². The molecule has 3 amide bonds. The summed E-state index contributed by atoms with van der Waals surface area (Å²) in [5, 5.41) is 13.2. The number of aromatic amines is 1. The number of hydrogen-bond donors (Lipinski definition) is 3. The van der Waals surface area contributed by atoms with E-state index in [0.717, 1.165) is 22.0 Å². The third-order valence-corrected chi connectivity index (χ3v) is 5.60. The number of H-pyrrole nitrogens is 1. The normalized spacial score (nSPS) is 13.0. The van der Waals surface area contributed by atoms with Gasteiger partial charge in [0, 0.05) is 24.2 Å². The molecule has 3 aromatic carbocycles. The average molecular weight is 429 g/mol. The number of hydrogen-bond acceptors (Lipinski definition) is 3. The zero-order valence-corrected chi connectivity index (χ0v) is 17.1. The zero-order chi connectivity index (χ0) is 22.1. The number of amides is 3. The van der Waals surface area contributed by atoms with Crippen molar-refractivity contribution in [2.24, 2.45) is 0 Å². The lowest BCUT2D eigenvalue weighted by atomic mass is 9.97. The van der Waals surface area contributed by atoms with Gasteiger partial charge in [-0.2, -0.15) is 5.10 Å². The molecule has 5 rings (SSSR count). The van der Waals surface area contributed by atoms with Gasteiger partial charge in [-0.1, -0.05) is 42.5 Å². The first-order chi connectivity index (χ1) is 15.6. The Balaban J connectivity index is 1.33. The molecular weight excluding hydrogens is 409 g/mol. The summed E-state index contributed by atoms with van der Waals surface area (Å²) in [4.78, 5) is 27.3. The molecule has 3 N–H and O–H groups in total. The minimum atomic E-state index is -0.523. The summed E-state index contributed by atoms with van der Waals surface area (Å²) in [5.41, 5.74) is 3.90. The Morgan fingerprint density at radius 2 is 1.69 bits per heavy atom. The third-order valence-electron chi connectivity index (χ3n) is 5.60. The summed E-state index contributed by atoms with van der Waals surface area (Å²) >= 11 is 0. The van der Waals surface area contributed by atoms with Crippen LogP contribution in [0.15, 0.2) is 66.7 Å². The lowest BCUT2D eigenvalue weighted by molar-refractivity contribution is 0.0730. The summed E-state index contributed by atoms with van der Waals surface area (Å²) in [7, 11) is 0. The minimum Gasteiger partial charge on any atom is -0.333 e. The van der Waals surface area contributed by atoms with Crippen LogP contribution in [0.4, 0.5) is 20.6 Å². The van der Waals surface area contributed by atoms with Crippen LogP contribution in [0, 0.1) is 5.82 Å². The molecule has 8 heteroatoms. The van der Waals surface area contributed by atoms with E-state index in [2.05, 4.69) is 20.8 Å². The molecule has 0 aliphatic carbocycles.